The van der Waals surface area contributed by atoms with Crippen LogP contribution < -0.4 is 0 Å². The molecule has 0 spiro atoms. The molecule has 0 radical (unpaired) electrons. The van der Waals surface area contributed by atoms with Gasteiger partial charge in [0.05, 0.1) is 18.3 Å². The minimum absolute atomic E-state index is 0.0752. The maximum atomic E-state index is 10.2. The van der Waals surface area contributed by atoms with Gasteiger partial charge in [-0.3, -0.25) is 0 Å². The van der Waals surface area contributed by atoms with E-state index in [-0.39, 0.29) is 18.3 Å². The predicted octanol–water partition coefficient (Wildman–Crippen LogP) is 3.86. The van der Waals surface area contributed by atoms with Gasteiger partial charge in [-0.1, -0.05) is 37.6 Å². The van der Waals surface area contributed by atoms with Gasteiger partial charge in [0.25, 0.3) is 0 Å². The van der Waals surface area contributed by atoms with Crippen molar-refractivity contribution in [3.63, 3.8) is 0 Å². The molecule has 0 amide bonds. The van der Waals surface area contributed by atoms with E-state index in [2.05, 4.69) is 13.8 Å². The first-order valence-corrected chi connectivity index (χ1v) is 10.6. The maximum Gasteiger partial charge on any atom is 0.180 e. The van der Waals surface area contributed by atoms with Crippen LogP contribution in [0.3, 0.4) is 0 Å². The molecule has 172 valence electrons. The lowest BCUT2D eigenvalue weighted by Crippen LogP contribution is -2.33. The Balaban J connectivity index is 4.39. The molecule has 0 bridgehead atoms. The van der Waals surface area contributed by atoms with Crippen LogP contribution in [0.5, 0.6) is 0 Å². The van der Waals surface area contributed by atoms with E-state index >= 15 is 0 Å². The highest BCUT2D eigenvalue weighted by molar-refractivity contribution is 5.11. The summed E-state index contributed by atoms with van der Waals surface area (Å²) in [5.41, 5.74) is 1.16. The molecule has 0 heterocycles. The molecule has 6 atom stereocenters. The monoisotopic (exact) mass is 416 g/mol. The summed E-state index contributed by atoms with van der Waals surface area (Å²) in [6.45, 7) is 6.35. The average Bonchev–Trinajstić information content (AvgIpc) is 2.72. The van der Waals surface area contributed by atoms with Crippen molar-refractivity contribution >= 4 is 0 Å². The molecule has 0 aliphatic heterocycles. The average molecular weight is 417 g/mol. The summed E-state index contributed by atoms with van der Waals surface area (Å²) in [6.07, 6.45) is 9.11. The molecule has 0 aliphatic carbocycles. The third-order valence-corrected chi connectivity index (χ3v) is 5.46. The van der Waals surface area contributed by atoms with Crippen LogP contribution in [0.25, 0.3) is 0 Å². The van der Waals surface area contributed by atoms with Crippen LogP contribution in [0.4, 0.5) is 0 Å². The molecule has 0 aromatic heterocycles. The Morgan fingerprint density at radius 1 is 0.931 bits per heavy atom. The molecule has 0 aliphatic rings. The zero-order valence-electron chi connectivity index (χ0n) is 19.5. The largest absolute Gasteiger partial charge is 0.393 e. The fourth-order valence-corrected chi connectivity index (χ4v) is 3.46. The van der Waals surface area contributed by atoms with Crippen molar-refractivity contribution in [2.45, 2.75) is 90.0 Å². The van der Waals surface area contributed by atoms with Crippen LogP contribution in [-0.2, 0) is 18.9 Å². The number of ether oxygens (including phenoxy) is 4. The molecule has 0 rings (SSSR count). The van der Waals surface area contributed by atoms with Gasteiger partial charge in [-0.15, -0.1) is 0 Å². The molecule has 0 saturated heterocycles. The Kier molecular flexibility index (Phi) is 16.5. The predicted molar refractivity (Wildman–Crippen MR) is 117 cm³/mol. The maximum absolute atomic E-state index is 10.2. The van der Waals surface area contributed by atoms with Crippen molar-refractivity contribution in [2.75, 3.05) is 28.4 Å². The zero-order valence-corrected chi connectivity index (χ0v) is 19.5. The third-order valence-electron chi connectivity index (χ3n) is 5.46. The third kappa shape index (κ3) is 12.5. The minimum Gasteiger partial charge on any atom is -0.393 e. The lowest BCUT2D eigenvalue weighted by atomic mass is 9.94. The van der Waals surface area contributed by atoms with Crippen LogP contribution in [0.15, 0.2) is 23.8 Å². The molecule has 6 heteroatoms. The highest BCUT2D eigenvalue weighted by Crippen LogP contribution is 2.19. The van der Waals surface area contributed by atoms with Crippen LogP contribution in [0.2, 0.25) is 0 Å². The molecule has 0 fully saturated rings. The topological polar surface area (TPSA) is 77.4 Å². The molecule has 0 saturated carbocycles. The molecule has 6 unspecified atom stereocenters. The zero-order chi connectivity index (χ0) is 22.2. The van der Waals surface area contributed by atoms with Crippen LogP contribution in [0.1, 0.15) is 59.3 Å². The second-order valence-corrected chi connectivity index (χ2v) is 7.77. The molecule has 2 N–H and O–H groups in total. The first kappa shape index (κ1) is 28.2. The van der Waals surface area contributed by atoms with Gasteiger partial charge in [-0.25, -0.2) is 0 Å². The first-order valence-electron chi connectivity index (χ1n) is 10.6. The van der Waals surface area contributed by atoms with E-state index in [4.69, 9.17) is 18.9 Å². The number of aliphatic hydroxyl groups excluding tert-OH is 2. The summed E-state index contributed by atoms with van der Waals surface area (Å²) in [7, 11) is 6.41. The van der Waals surface area contributed by atoms with Gasteiger partial charge in [-0.2, -0.15) is 0 Å². The number of rotatable bonds is 17. The van der Waals surface area contributed by atoms with Crippen molar-refractivity contribution in [2.24, 2.45) is 5.92 Å². The Morgan fingerprint density at radius 2 is 1.59 bits per heavy atom. The number of aliphatic hydroxyl groups is 2. The van der Waals surface area contributed by atoms with E-state index in [1.54, 1.807) is 21.3 Å². The number of methoxy groups -OCH3 is 4. The van der Waals surface area contributed by atoms with Crippen molar-refractivity contribution in [3.8, 4) is 0 Å². The number of allylic oxidation sites excluding steroid dienone is 2. The molecular formula is C23H44O6. The summed E-state index contributed by atoms with van der Waals surface area (Å²) < 4.78 is 21.2. The van der Waals surface area contributed by atoms with E-state index in [9.17, 15) is 10.2 Å². The number of hydrogen-bond donors (Lipinski definition) is 2. The van der Waals surface area contributed by atoms with Crippen molar-refractivity contribution in [1.29, 1.82) is 0 Å². The van der Waals surface area contributed by atoms with Gasteiger partial charge in [0, 0.05) is 34.9 Å². The van der Waals surface area contributed by atoms with E-state index in [0.717, 1.165) is 31.3 Å². The van der Waals surface area contributed by atoms with Gasteiger partial charge >= 0.3 is 0 Å². The lowest BCUT2D eigenvalue weighted by Gasteiger charge is -2.24. The molecular weight excluding hydrogens is 372 g/mol. The minimum atomic E-state index is -0.970. The van der Waals surface area contributed by atoms with Gasteiger partial charge in [0.2, 0.25) is 0 Å². The first-order chi connectivity index (χ1) is 13.8. The summed E-state index contributed by atoms with van der Waals surface area (Å²) in [4.78, 5) is 0. The fourth-order valence-electron chi connectivity index (χ4n) is 3.46. The molecule has 0 aromatic carbocycles. The number of hydrogen-bond acceptors (Lipinski definition) is 6. The van der Waals surface area contributed by atoms with E-state index < -0.39 is 12.4 Å². The van der Waals surface area contributed by atoms with Crippen LogP contribution in [0, 0.1) is 5.92 Å². The second-order valence-electron chi connectivity index (χ2n) is 7.77. The molecule has 29 heavy (non-hydrogen) atoms. The Labute approximate surface area is 177 Å². The summed E-state index contributed by atoms with van der Waals surface area (Å²) in [5.74, 6) is 0.448. The Hall–Kier alpha value is -0.760. The van der Waals surface area contributed by atoms with Gasteiger partial charge < -0.3 is 29.2 Å². The van der Waals surface area contributed by atoms with Crippen LogP contribution in [-0.4, -0.2) is 69.4 Å². The quantitative estimate of drug-likeness (QED) is 0.277. The normalized spacial score (nSPS) is 19.1. The molecule has 0 aromatic rings. The lowest BCUT2D eigenvalue weighted by molar-refractivity contribution is -0.164. The van der Waals surface area contributed by atoms with Crippen molar-refractivity contribution in [1.82, 2.24) is 0 Å². The van der Waals surface area contributed by atoms with Crippen molar-refractivity contribution < 1.29 is 29.2 Å². The molecule has 6 nitrogen and oxygen atoms in total. The summed E-state index contributed by atoms with van der Waals surface area (Å²) >= 11 is 0. The Morgan fingerprint density at radius 3 is 2.10 bits per heavy atom. The fraction of sp³-hybridized carbons (Fsp3) is 0.826. The smallest absolute Gasteiger partial charge is 0.180 e. The summed E-state index contributed by atoms with van der Waals surface area (Å²) in [5, 5.41) is 20.0. The second kappa shape index (κ2) is 17.0. The summed E-state index contributed by atoms with van der Waals surface area (Å²) in [6, 6.07) is 0. The Bertz CT molecular complexity index is 447. The van der Waals surface area contributed by atoms with Gasteiger partial charge in [-0.05, 0) is 44.9 Å². The van der Waals surface area contributed by atoms with E-state index in [1.807, 2.05) is 25.2 Å². The van der Waals surface area contributed by atoms with Crippen LogP contribution >= 0.6 is 0 Å². The standard InChI is InChI=1S/C23H44O6/c1-8-21(27-5)18(3)13-14-19(24)12-10-9-11-17(2)15-20(26-4)16-22(28-6)23(25)29-7/h9-11,18-25H,8,12-16H2,1-7H3/b10-9+,17-11+. The van der Waals surface area contributed by atoms with E-state index in [0.29, 0.717) is 18.8 Å². The van der Waals surface area contributed by atoms with Gasteiger partial charge in [0.1, 0.15) is 6.10 Å². The van der Waals surface area contributed by atoms with Crippen molar-refractivity contribution in [3.05, 3.63) is 23.8 Å². The SMILES string of the molecule is CCC(OC)C(C)CCC(O)C/C=C/C=C(\C)CC(CC(OC)C(O)OC)OC. The van der Waals surface area contributed by atoms with Gasteiger partial charge in [0.15, 0.2) is 6.29 Å². The van der Waals surface area contributed by atoms with E-state index in [1.165, 1.54) is 7.11 Å². The highest BCUT2D eigenvalue weighted by Gasteiger charge is 2.23. The highest BCUT2D eigenvalue weighted by atomic mass is 16.6.